The van der Waals surface area contributed by atoms with Crippen molar-refractivity contribution in [2.24, 2.45) is 5.41 Å². The molecule has 2 atom stereocenters. The highest BCUT2D eigenvalue weighted by Crippen LogP contribution is 2.42. The highest BCUT2D eigenvalue weighted by molar-refractivity contribution is 5.48. The van der Waals surface area contributed by atoms with Gasteiger partial charge in [-0.15, -0.1) is 0 Å². The van der Waals surface area contributed by atoms with Crippen LogP contribution >= 0.6 is 0 Å². The third-order valence-corrected chi connectivity index (χ3v) is 4.00. The van der Waals surface area contributed by atoms with Crippen LogP contribution in [0, 0.1) is 5.41 Å². The standard InChI is InChI=1S/C14H24N4O2/c1-5-20-8-13-17-11(15-4)7-12(18-13)16-9-6-10(19)14(9,2)3/h7,9-10,19H,5-6,8H2,1-4H3,(H2,15,16,17,18). The molecule has 112 valence electrons. The van der Waals surface area contributed by atoms with E-state index in [4.69, 9.17) is 4.74 Å². The zero-order valence-electron chi connectivity index (χ0n) is 12.6. The molecule has 6 heteroatoms. The van der Waals surface area contributed by atoms with E-state index in [1.807, 2.05) is 20.0 Å². The summed E-state index contributed by atoms with van der Waals surface area (Å²) in [4.78, 5) is 8.82. The van der Waals surface area contributed by atoms with E-state index in [1.165, 1.54) is 0 Å². The molecule has 0 saturated heterocycles. The van der Waals surface area contributed by atoms with Gasteiger partial charge in [-0.1, -0.05) is 13.8 Å². The van der Waals surface area contributed by atoms with Crippen molar-refractivity contribution in [3.8, 4) is 0 Å². The number of nitrogens with zero attached hydrogens (tertiary/aromatic N) is 2. The normalized spacial score (nSPS) is 24.1. The van der Waals surface area contributed by atoms with E-state index >= 15 is 0 Å². The highest BCUT2D eigenvalue weighted by Gasteiger charge is 2.47. The first-order chi connectivity index (χ1) is 9.47. The van der Waals surface area contributed by atoms with Gasteiger partial charge in [0.2, 0.25) is 0 Å². The number of hydrogen-bond acceptors (Lipinski definition) is 6. The summed E-state index contributed by atoms with van der Waals surface area (Å²) in [5, 5.41) is 16.2. The van der Waals surface area contributed by atoms with Crippen molar-refractivity contribution in [3.05, 3.63) is 11.9 Å². The molecule has 0 spiro atoms. The molecule has 1 aliphatic carbocycles. The average molecular weight is 280 g/mol. The number of aliphatic hydroxyl groups excluding tert-OH is 1. The Labute approximate surface area is 120 Å². The van der Waals surface area contributed by atoms with Gasteiger partial charge in [-0.3, -0.25) is 0 Å². The zero-order chi connectivity index (χ0) is 14.8. The van der Waals surface area contributed by atoms with Crippen molar-refractivity contribution in [3.63, 3.8) is 0 Å². The quantitative estimate of drug-likeness (QED) is 0.735. The van der Waals surface area contributed by atoms with Gasteiger partial charge in [-0.05, 0) is 13.3 Å². The summed E-state index contributed by atoms with van der Waals surface area (Å²) in [6.45, 7) is 7.09. The molecule has 0 radical (unpaired) electrons. The average Bonchev–Trinajstić information content (AvgIpc) is 2.44. The molecule has 0 aliphatic heterocycles. The van der Waals surface area contributed by atoms with Crippen LogP contribution in [0.5, 0.6) is 0 Å². The van der Waals surface area contributed by atoms with Crippen LogP contribution in [0.25, 0.3) is 0 Å². The first kappa shape index (κ1) is 15.0. The first-order valence-electron chi connectivity index (χ1n) is 7.05. The van der Waals surface area contributed by atoms with E-state index in [9.17, 15) is 5.11 Å². The molecule has 0 bridgehead atoms. The molecule has 1 fully saturated rings. The molecule has 1 aromatic heterocycles. The van der Waals surface area contributed by atoms with E-state index < -0.39 is 0 Å². The lowest BCUT2D eigenvalue weighted by molar-refractivity contribution is -0.0511. The highest BCUT2D eigenvalue weighted by atomic mass is 16.5. The SMILES string of the molecule is CCOCc1nc(NC)cc(NC2CC(O)C2(C)C)n1. The lowest BCUT2D eigenvalue weighted by Crippen LogP contribution is -2.57. The molecular weight excluding hydrogens is 256 g/mol. The summed E-state index contributed by atoms with van der Waals surface area (Å²) in [5.74, 6) is 2.18. The van der Waals surface area contributed by atoms with E-state index in [0.29, 0.717) is 19.0 Å². The monoisotopic (exact) mass is 280 g/mol. The van der Waals surface area contributed by atoms with Crippen LogP contribution in [0.3, 0.4) is 0 Å². The van der Waals surface area contributed by atoms with Gasteiger partial charge in [0.25, 0.3) is 0 Å². The first-order valence-corrected chi connectivity index (χ1v) is 7.05. The molecule has 2 rings (SSSR count). The molecule has 1 saturated carbocycles. The van der Waals surface area contributed by atoms with Gasteiger partial charge in [-0.25, -0.2) is 9.97 Å². The van der Waals surface area contributed by atoms with Gasteiger partial charge in [-0.2, -0.15) is 0 Å². The number of aromatic nitrogens is 2. The van der Waals surface area contributed by atoms with Crippen LogP contribution < -0.4 is 10.6 Å². The minimum absolute atomic E-state index is 0.134. The molecule has 2 unspecified atom stereocenters. The molecule has 1 heterocycles. The van der Waals surface area contributed by atoms with Crippen molar-refractivity contribution < 1.29 is 9.84 Å². The minimum Gasteiger partial charge on any atom is -0.392 e. The number of aliphatic hydroxyl groups is 1. The minimum atomic E-state index is -0.256. The fraction of sp³-hybridized carbons (Fsp3) is 0.714. The van der Waals surface area contributed by atoms with Gasteiger partial charge < -0.3 is 20.5 Å². The molecule has 3 N–H and O–H groups in total. The van der Waals surface area contributed by atoms with Crippen LogP contribution in [0.1, 0.15) is 33.0 Å². The maximum Gasteiger partial charge on any atom is 0.158 e. The maximum atomic E-state index is 9.79. The number of hydrogen-bond donors (Lipinski definition) is 3. The predicted octanol–water partition coefficient (Wildman–Crippen LogP) is 1.63. The predicted molar refractivity (Wildman–Crippen MR) is 78.7 cm³/mol. The number of ether oxygens (including phenoxy) is 1. The summed E-state index contributed by atoms with van der Waals surface area (Å²) >= 11 is 0. The van der Waals surface area contributed by atoms with Crippen LogP contribution in [-0.2, 0) is 11.3 Å². The van der Waals surface area contributed by atoms with Crippen LogP contribution in [-0.4, -0.2) is 40.9 Å². The van der Waals surface area contributed by atoms with E-state index in [0.717, 1.165) is 18.1 Å². The molecule has 0 aromatic carbocycles. The van der Waals surface area contributed by atoms with Gasteiger partial charge in [0, 0.05) is 31.2 Å². The lowest BCUT2D eigenvalue weighted by Gasteiger charge is -2.49. The molecular formula is C14H24N4O2. The van der Waals surface area contributed by atoms with Gasteiger partial charge >= 0.3 is 0 Å². The summed E-state index contributed by atoms with van der Waals surface area (Å²) in [6, 6.07) is 2.09. The number of nitrogens with one attached hydrogen (secondary N) is 2. The smallest absolute Gasteiger partial charge is 0.158 e. The Morgan fingerprint density at radius 1 is 1.40 bits per heavy atom. The van der Waals surface area contributed by atoms with Gasteiger partial charge in [0.1, 0.15) is 18.2 Å². The third-order valence-electron chi connectivity index (χ3n) is 4.00. The second-order valence-electron chi connectivity index (χ2n) is 5.71. The summed E-state index contributed by atoms with van der Waals surface area (Å²) in [7, 11) is 1.83. The topological polar surface area (TPSA) is 79.3 Å². The Hall–Kier alpha value is -1.40. The van der Waals surface area contributed by atoms with Crippen molar-refractivity contribution in [1.29, 1.82) is 0 Å². The van der Waals surface area contributed by atoms with Crippen LogP contribution in [0.4, 0.5) is 11.6 Å². The zero-order valence-corrected chi connectivity index (χ0v) is 12.6. The fourth-order valence-electron chi connectivity index (χ4n) is 2.28. The van der Waals surface area contributed by atoms with Crippen molar-refractivity contribution in [2.75, 3.05) is 24.3 Å². The fourth-order valence-corrected chi connectivity index (χ4v) is 2.28. The Morgan fingerprint density at radius 3 is 2.65 bits per heavy atom. The summed E-state index contributed by atoms with van der Waals surface area (Å²) < 4.78 is 5.36. The summed E-state index contributed by atoms with van der Waals surface area (Å²) in [5.41, 5.74) is -0.134. The van der Waals surface area contributed by atoms with E-state index in [1.54, 1.807) is 0 Å². The Kier molecular flexibility index (Phi) is 4.45. The second kappa shape index (κ2) is 5.93. The van der Waals surface area contributed by atoms with Crippen LogP contribution in [0.15, 0.2) is 6.07 Å². The molecule has 1 aromatic rings. The van der Waals surface area contributed by atoms with Crippen molar-refractivity contribution in [2.45, 2.75) is 45.9 Å². The van der Waals surface area contributed by atoms with Crippen molar-refractivity contribution in [1.82, 2.24) is 9.97 Å². The molecule has 1 aliphatic rings. The number of rotatable bonds is 6. The van der Waals surface area contributed by atoms with Gasteiger partial charge in [0.05, 0.1) is 6.10 Å². The third kappa shape index (κ3) is 3.02. The molecule has 0 amide bonds. The van der Waals surface area contributed by atoms with E-state index in [2.05, 4.69) is 34.4 Å². The number of anilines is 2. The summed E-state index contributed by atoms with van der Waals surface area (Å²) in [6.07, 6.45) is 0.487. The Balaban J connectivity index is 2.10. The Morgan fingerprint density at radius 2 is 2.10 bits per heavy atom. The maximum absolute atomic E-state index is 9.79. The van der Waals surface area contributed by atoms with Gasteiger partial charge in [0.15, 0.2) is 5.82 Å². The van der Waals surface area contributed by atoms with E-state index in [-0.39, 0.29) is 17.6 Å². The molecule has 20 heavy (non-hydrogen) atoms. The largest absolute Gasteiger partial charge is 0.392 e. The lowest BCUT2D eigenvalue weighted by atomic mass is 9.64. The Bertz CT molecular complexity index is 464. The van der Waals surface area contributed by atoms with Crippen LogP contribution in [0.2, 0.25) is 0 Å². The molecule has 6 nitrogen and oxygen atoms in total. The van der Waals surface area contributed by atoms with Crippen molar-refractivity contribution >= 4 is 11.6 Å². The second-order valence-corrected chi connectivity index (χ2v) is 5.71.